The molecular formula is C14H9Li. The third-order valence-electron chi connectivity index (χ3n) is 2.97. The molecular weight excluding hydrogens is 175 g/mol. The molecule has 0 saturated carbocycles. The average Bonchev–Trinajstić information content (AvgIpc) is 2.30. The van der Waals surface area contributed by atoms with Crippen molar-refractivity contribution < 1.29 is 0 Å². The Bertz CT molecular complexity index is 641. The minimum absolute atomic E-state index is 1.33. The van der Waals surface area contributed by atoms with Gasteiger partial charge in [0.25, 0.3) is 0 Å². The molecule has 0 aliphatic carbocycles. The second-order valence-electron chi connectivity index (χ2n) is 3.96. The Morgan fingerprint density at radius 1 is 0.667 bits per heavy atom. The van der Waals surface area contributed by atoms with Crippen LogP contribution in [0.25, 0.3) is 21.5 Å². The summed E-state index contributed by atoms with van der Waals surface area (Å²) in [5.74, 6) is 0. The van der Waals surface area contributed by atoms with Crippen LogP contribution < -0.4 is 4.24 Å². The maximum absolute atomic E-state index is 2.26. The van der Waals surface area contributed by atoms with Gasteiger partial charge in [-0.1, -0.05) is 0 Å². The van der Waals surface area contributed by atoms with Gasteiger partial charge in [0.1, 0.15) is 0 Å². The fraction of sp³-hybridized carbons (Fsp3) is 0. The minimum atomic E-state index is 1.33. The van der Waals surface area contributed by atoms with Crippen LogP contribution in [0.3, 0.4) is 0 Å². The molecule has 0 atom stereocenters. The van der Waals surface area contributed by atoms with Crippen molar-refractivity contribution in [3.05, 3.63) is 54.6 Å². The number of rotatable bonds is 0. The van der Waals surface area contributed by atoms with Crippen molar-refractivity contribution in [3.63, 3.8) is 0 Å². The van der Waals surface area contributed by atoms with Crippen LogP contribution >= 0.6 is 0 Å². The number of hydrogen-bond acceptors (Lipinski definition) is 0. The van der Waals surface area contributed by atoms with Gasteiger partial charge in [0, 0.05) is 0 Å². The molecule has 0 N–H and O–H groups in total. The second-order valence-corrected chi connectivity index (χ2v) is 3.96. The first kappa shape index (κ1) is 9.04. The molecule has 3 rings (SSSR count). The van der Waals surface area contributed by atoms with E-state index in [2.05, 4.69) is 72.3 Å². The summed E-state index contributed by atoms with van der Waals surface area (Å²) in [4.78, 5) is 0. The van der Waals surface area contributed by atoms with Crippen LogP contribution in [0.15, 0.2) is 54.6 Å². The third kappa shape index (κ3) is 1.38. The number of benzene rings is 3. The van der Waals surface area contributed by atoms with Crippen molar-refractivity contribution in [1.82, 2.24) is 0 Å². The fourth-order valence-corrected chi connectivity index (χ4v) is 2.24. The molecule has 0 saturated heterocycles. The van der Waals surface area contributed by atoms with Gasteiger partial charge in [-0.2, -0.15) is 0 Å². The van der Waals surface area contributed by atoms with Crippen molar-refractivity contribution in [1.29, 1.82) is 0 Å². The van der Waals surface area contributed by atoms with E-state index < -0.39 is 0 Å². The zero-order chi connectivity index (χ0) is 10.3. The van der Waals surface area contributed by atoms with Gasteiger partial charge in [-0.15, -0.1) is 0 Å². The van der Waals surface area contributed by atoms with Gasteiger partial charge in [-0.05, 0) is 0 Å². The van der Waals surface area contributed by atoms with Crippen LogP contribution in [-0.4, -0.2) is 17.7 Å². The zero-order valence-electron chi connectivity index (χ0n) is 8.70. The standard InChI is InChI=1S/C14H9.Li/c1-3-7-13-11(5-1)9-10-12-6-2-4-8-14(12)13;/h1-9H;. The molecule has 0 radical (unpaired) electrons. The Morgan fingerprint density at radius 2 is 1.27 bits per heavy atom. The molecule has 0 heterocycles. The molecule has 0 aliphatic rings. The third-order valence-corrected chi connectivity index (χ3v) is 2.97. The summed E-state index contributed by atoms with van der Waals surface area (Å²) < 4.78 is 1.35. The molecule has 0 unspecified atom stereocenters. The van der Waals surface area contributed by atoms with E-state index in [0.29, 0.717) is 0 Å². The summed E-state index contributed by atoms with van der Waals surface area (Å²) in [7, 11) is 0. The molecule has 0 spiro atoms. The van der Waals surface area contributed by atoms with E-state index in [1.165, 1.54) is 25.8 Å². The average molecular weight is 184 g/mol. The molecule has 0 fully saturated rings. The van der Waals surface area contributed by atoms with Crippen LogP contribution in [0.1, 0.15) is 0 Å². The molecule has 1 heteroatoms. The Labute approximate surface area is 98.1 Å². The zero-order valence-corrected chi connectivity index (χ0v) is 8.70. The van der Waals surface area contributed by atoms with Gasteiger partial charge in [0.15, 0.2) is 0 Å². The molecule has 3 aromatic rings. The van der Waals surface area contributed by atoms with E-state index in [9.17, 15) is 0 Å². The first-order valence-electron chi connectivity index (χ1n) is 5.23. The van der Waals surface area contributed by atoms with E-state index >= 15 is 0 Å². The van der Waals surface area contributed by atoms with Crippen LogP contribution in [0.5, 0.6) is 0 Å². The molecule has 0 nitrogen and oxygen atoms in total. The summed E-state index contributed by atoms with van der Waals surface area (Å²) in [5.41, 5.74) is 0. The number of hydrogen-bond donors (Lipinski definition) is 0. The van der Waals surface area contributed by atoms with E-state index in [4.69, 9.17) is 0 Å². The normalized spacial score (nSPS) is 11.1. The summed E-state index contributed by atoms with van der Waals surface area (Å²) >= 11 is 2.18. The van der Waals surface area contributed by atoms with Gasteiger partial charge in [-0.3, -0.25) is 0 Å². The summed E-state index contributed by atoms with van der Waals surface area (Å²) in [6.45, 7) is 0. The van der Waals surface area contributed by atoms with E-state index in [0.717, 1.165) is 0 Å². The molecule has 3 aromatic carbocycles. The number of fused-ring (bicyclic) bond motifs is 3. The van der Waals surface area contributed by atoms with E-state index in [1.54, 1.807) is 0 Å². The van der Waals surface area contributed by atoms with E-state index in [-0.39, 0.29) is 0 Å². The monoisotopic (exact) mass is 184 g/mol. The molecule has 15 heavy (non-hydrogen) atoms. The predicted octanol–water partition coefficient (Wildman–Crippen LogP) is 2.79. The second kappa shape index (κ2) is 3.42. The van der Waals surface area contributed by atoms with Gasteiger partial charge < -0.3 is 0 Å². The van der Waals surface area contributed by atoms with Crippen molar-refractivity contribution >= 4 is 43.5 Å². The van der Waals surface area contributed by atoms with Gasteiger partial charge in [0.2, 0.25) is 0 Å². The van der Waals surface area contributed by atoms with Gasteiger partial charge >= 0.3 is 98.1 Å². The fourth-order valence-electron chi connectivity index (χ4n) is 2.24. The molecule has 66 valence electrons. The molecule has 0 aliphatic heterocycles. The quantitative estimate of drug-likeness (QED) is 0.372. The van der Waals surface area contributed by atoms with Crippen molar-refractivity contribution in [2.24, 2.45) is 0 Å². The van der Waals surface area contributed by atoms with Crippen LogP contribution in [0.4, 0.5) is 0 Å². The Balaban J connectivity index is 2.64. The predicted molar refractivity (Wildman–Crippen MR) is 66.8 cm³/mol. The molecule has 0 amide bonds. The Morgan fingerprint density at radius 3 is 2.07 bits per heavy atom. The van der Waals surface area contributed by atoms with Gasteiger partial charge in [-0.25, -0.2) is 0 Å². The first-order valence-corrected chi connectivity index (χ1v) is 5.23. The van der Waals surface area contributed by atoms with Crippen LogP contribution in [-0.2, 0) is 0 Å². The Kier molecular flexibility index (Phi) is 2.06. The molecule has 0 aromatic heterocycles. The van der Waals surface area contributed by atoms with E-state index in [1.807, 2.05) is 0 Å². The Hall–Kier alpha value is -1.22. The van der Waals surface area contributed by atoms with Crippen molar-refractivity contribution in [3.8, 4) is 0 Å². The van der Waals surface area contributed by atoms with Crippen molar-refractivity contribution in [2.75, 3.05) is 0 Å². The van der Waals surface area contributed by atoms with Crippen LogP contribution in [0, 0.1) is 0 Å². The first-order chi connectivity index (χ1) is 7.36. The topological polar surface area (TPSA) is 0 Å². The maximum atomic E-state index is 2.26. The van der Waals surface area contributed by atoms with Crippen molar-refractivity contribution in [2.45, 2.75) is 0 Å². The SMILES string of the molecule is [Li][c]1cc2ccccc2c2ccccc12. The summed E-state index contributed by atoms with van der Waals surface area (Å²) in [6.07, 6.45) is 0. The van der Waals surface area contributed by atoms with Crippen LogP contribution in [0.2, 0.25) is 0 Å². The summed E-state index contributed by atoms with van der Waals surface area (Å²) in [6, 6.07) is 19.4. The molecule has 0 bridgehead atoms. The summed E-state index contributed by atoms with van der Waals surface area (Å²) in [5, 5.41) is 5.39. The van der Waals surface area contributed by atoms with Gasteiger partial charge in [0.05, 0.1) is 0 Å².